The summed E-state index contributed by atoms with van der Waals surface area (Å²) in [5.74, 6) is -0.670. The van der Waals surface area contributed by atoms with Crippen molar-refractivity contribution in [3.8, 4) is 0 Å². The molecular weight excluding hydrogens is 256 g/mol. The Balaban J connectivity index is 2.20. The lowest BCUT2D eigenvalue weighted by Gasteiger charge is -2.34. The van der Waals surface area contributed by atoms with Gasteiger partial charge in [-0.3, -0.25) is 14.4 Å². The van der Waals surface area contributed by atoms with Crippen LogP contribution in [0.25, 0.3) is 0 Å². The fourth-order valence-electron chi connectivity index (χ4n) is 2.54. The van der Waals surface area contributed by atoms with Crippen LogP contribution in [-0.2, 0) is 4.79 Å². The van der Waals surface area contributed by atoms with Crippen molar-refractivity contribution in [2.24, 2.45) is 5.73 Å². The molecule has 0 aliphatic carbocycles. The van der Waals surface area contributed by atoms with Crippen LogP contribution in [0.15, 0.2) is 24.3 Å². The van der Waals surface area contributed by atoms with Crippen LogP contribution in [-0.4, -0.2) is 35.1 Å². The first-order valence-electron chi connectivity index (χ1n) is 6.72. The molecule has 5 heteroatoms. The Morgan fingerprint density at radius 2 is 1.70 bits per heavy atom. The van der Waals surface area contributed by atoms with Crippen molar-refractivity contribution in [1.29, 1.82) is 0 Å². The van der Waals surface area contributed by atoms with Crippen molar-refractivity contribution in [2.45, 2.75) is 32.2 Å². The molecule has 1 heterocycles. The molecule has 2 rings (SSSR count). The average molecular weight is 274 g/mol. The highest BCUT2D eigenvalue weighted by Gasteiger charge is 2.30. The molecule has 20 heavy (non-hydrogen) atoms. The SMILES string of the molecule is CC(=O)[C@H]1CCCCN1C(=O)c1ccc(C(N)=O)cc1. The summed E-state index contributed by atoms with van der Waals surface area (Å²) >= 11 is 0. The van der Waals surface area contributed by atoms with Gasteiger partial charge in [0.1, 0.15) is 0 Å². The first-order valence-corrected chi connectivity index (χ1v) is 6.72. The normalized spacial score (nSPS) is 18.6. The summed E-state index contributed by atoms with van der Waals surface area (Å²) in [5.41, 5.74) is 6.00. The third kappa shape index (κ3) is 2.87. The predicted octanol–water partition coefficient (Wildman–Crippen LogP) is 1.37. The Morgan fingerprint density at radius 3 is 2.25 bits per heavy atom. The Labute approximate surface area is 117 Å². The topological polar surface area (TPSA) is 80.5 Å². The number of benzene rings is 1. The summed E-state index contributed by atoms with van der Waals surface area (Å²) in [6.45, 7) is 2.12. The number of ketones is 1. The largest absolute Gasteiger partial charge is 0.366 e. The number of amides is 2. The van der Waals surface area contributed by atoms with Crippen LogP contribution in [0.5, 0.6) is 0 Å². The lowest BCUT2D eigenvalue weighted by molar-refractivity contribution is -0.122. The Morgan fingerprint density at radius 1 is 1.10 bits per heavy atom. The summed E-state index contributed by atoms with van der Waals surface area (Å²) < 4.78 is 0. The maximum atomic E-state index is 12.5. The fraction of sp³-hybridized carbons (Fsp3) is 0.400. The van der Waals surface area contributed by atoms with E-state index in [4.69, 9.17) is 5.73 Å². The maximum absolute atomic E-state index is 12.5. The van der Waals surface area contributed by atoms with Crippen LogP contribution in [0.3, 0.4) is 0 Å². The molecule has 1 atom stereocenters. The van der Waals surface area contributed by atoms with E-state index in [0.29, 0.717) is 17.7 Å². The highest BCUT2D eigenvalue weighted by Crippen LogP contribution is 2.20. The second-order valence-corrected chi connectivity index (χ2v) is 5.06. The minimum absolute atomic E-state index is 0.0202. The highest BCUT2D eigenvalue weighted by molar-refractivity contribution is 5.99. The number of hydrogen-bond donors (Lipinski definition) is 1. The molecule has 0 bridgehead atoms. The number of carbonyl (C=O) groups excluding carboxylic acids is 3. The van der Waals surface area contributed by atoms with Gasteiger partial charge in [0.15, 0.2) is 5.78 Å². The highest BCUT2D eigenvalue weighted by atomic mass is 16.2. The summed E-state index contributed by atoms with van der Waals surface area (Å²) in [5, 5.41) is 0. The van der Waals surface area contributed by atoms with E-state index in [-0.39, 0.29) is 17.7 Å². The summed E-state index contributed by atoms with van der Waals surface area (Å²) in [6.07, 6.45) is 2.60. The zero-order valence-electron chi connectivity index (χ0n) is 11.5. The van der Waals surface area contributed by atoms with Crippen LogP contribution in [0.4, 0.5) is 0 Å². The summed E-state index contributed by atoms with van der Waals surface area (Å²) in [6, 6.07) is 5.89. The molecule has 2 amide bonds. The Hall–Kier alpha value is -2.17. The van der Waals surface area contributed by atoms with Crippen molar-refractivity contribution in [1.82, 2.24) is 4.90 Å². The van der Waals surface area contributed by atoms with E-state index >= 15 is 0 Å². The number of rotatable bonds is 3. The maximum Gasteiger partial charge on any atom is 0.254 e. The minimum atomic E-state index is -0.524. The van der Waals surface area contributed by atoms with Crippen LogP contribution >= 0.6 is 0 Å². The summed E-state index contributed by atoms with van der Waals surface area (Å²) in [4.78, 5) is 36.7. The third-order valence-corrected chi connectivity index (χ3v) is 3.65. The van der Waals surface area contributed by atoms with E-state index in [9.17, 15) is 14.4 Å². The van der Waals surface area contributed by atoms with Gasteiger partial charge in [-0.25, -0.2) is 0 Å². The quantitative estimate of drug-likeness (QED) is 0.903. The van der Waals surface area contributed by atoms with Gasteiger partial charge >= 0.3 is 0 Å². The van der Waals surface area contributed by atoms with Gasteiger partial charge in [0.25, 0.3) is 5.91 Å². The van der Waals surface area contributed by atoms with Crippen LogP contribution in [0, 0.1) is 0 Å². The molecule has 1 aromatic rings. The molecule has 1 aliphatic heterocycles. The zero-order chi connectivity index (χ0) is 14.7. The predicted molar refractivity (Wildman–Crippen MR) is 74.3 cm³/mol. The van der Waals surface area contributed by atoms with E-state index in [1.807, 2.05) is 0 Å². The van der Waals surface area contributed by atoms with E-state index in [2.05, 4.69) is 0 Å². The summed E-state index contributed by atoms with van der Waals surface area (Å²) in [7, 11) is 0. The van der Waals surface area contributed by atoms with Gasteiger partial charge in [-0.2, -0.15) is 0 Å². The third-order valence-electron chi connectivity index (χ3n) is 3.65. The van der Waals surface area contributed by atoms with E-state index in [0.717, 1.165) is 19.3 Å². The van der Waals surface area contributed by atoms with Crippen molar-refractivity contribution < 1.29 is 14.4 Å². The standard InChI is InChI=1S/C15H18N2O3/c1-10(18)13-4-2-3-9-17(13)15(20)12-7-5-11(6-8-12)14(16)19/h5-8,13H,2-4,9H2,1H3,(H2,16,19)/t13-/m1/s1. The van der Waals surface area contributed by atoms with Gasteiger partial charge in [0, 0.05) is 17.7 Å². The molecule has 0 radical (unpaired) electrons. The monoisotopic (exact) mass is 274 g/mol. The lowest BCUT2D eigenvalue weighted by atomic mass is 9.98. The number of primary amides is 1. The molecule has 1 aromatic carbocycles. The van der Waals surface area contributed by atoms with Gasteiger partial charge in [-0.15, -0.1) is 0 Å². The van der Waals surface area contributed by atoms with Crippen molar-refractivity contribution in [3.05, 3.63) is 35.4 Å². The molecule has 0 aromatic heterocycles. The van der Waals surface area contributed by atoms with Gasteiger partial charge < -0.3 is 10.6 Å². The molecule has 1 aliphatic rings. The van der Waals surface area contributed by atoms with Crippen LogP contribution < -0.4 is 5.73 Å². The smallest absolute Gasteiger partial charge is 0.254 e. The van der Waals surface area contributed by atoms with E-state index in [1.54, 1.807) is 17.0 Å². The number of nitrogens with two attached hydrogens (primary N) is 1. The van der Waals surface area contributed by atoms with Gasteiger partial charge in [-0.05, 0) is 50.5 Å². The number of carbonyl (C=O) groups is 3. The Bertz CT molecular complexity index is 537. The second-order valence-electron chi connectivity index (χ2n) is 5.06. The lowest BCUT2D eigenvalue weighted by Crippen LogP contribution is -2.47. The molecule has 5 nitrogen and oxygen atoms in total. The first-order chi connectivity index (χ1) is 9.50. The molecule has 106 valence electrons. The molecule has 0 saturated carbocycles. The zero-order valence-corrected chi connectivity index (χ0v) is 11.5. The van der Waals surface area contributed by atoms with Crippen molar-refractivity contribution >= 4 is 17.6 Å². The number of likely N-dealkylation sites (tertiary alicyclic amines) is 1. The first kappa shape index (κ1) is 14.2. The van der Waals surface area contributed by atoms with Gasteiger partial charge in [0.2, 0.25) is 5.91 Å². The molecule has 1 saturated heterocycles. The number of piperidine rings is 1. The van der Waals surface area contributed by atoms with Crippen molar-refractivity contribution in [2.75, 3.05) is 6.54 Å². The van der Waals surface area contributed by atoms with E-state index < -0.39 is 5.91 Å². The van der Waals surface area contributed by atoms with Crippen LogP contribution in [0.2, 0.25) is 0 Å². The molecule has 0 unspecified atom stereocenters. The van der Waals surface area contributed by atoms with Crippen LogP contribution in [0.1, 0.15) is 46.9 Å². The fourth-order valence-corrected chi connectivity index (χ4v) is 2.54. The van der Waals surface area contributed by atoms with Crippen molar-refractivity contribution in [3.63, 3.8) is 0 Å². The molecule has 0 spiro atoms. The van der Waals surface area contributed by atoms with Gasteiger partial charge in [-0.1, -0.05) is 0 Å². The minimum Gasteiger partial charge on any atom is -0.366 e. The molecular formula is C15H18N2O3. The average Bonchev–Trinajstić information content (AvgIpc) is 2.46. The van der Waals surface area contributed by atoms with Gasteiger partial charge in [0.05, 0.1) is 6.04 Å². The van der Waals surface area contributed by atoms with E-state index in [1.165, 1.54) is 19.1 Å². The Kier molecular flexibility index (Phi) is 4.17. The number of nitrogens with zero attached hydrogens (tertiary/aromatic N) is 1. The number of hydrogen-bond acceptors (Lipinski definition) is 3. The second kappa shape index (κ2) is 5.86. The molecule has 2 N–H and O–H groups in total. The number of Topliss-reactive ketones (excluding diaryl/α,β-unsaturated/α-hetero) is 1. The molecule has 1 fully saturated rings.